The Hall–Kier alpha value is -2.08. The van der Waals surface area contributed by atoms with Crippen LogP contribution in [0.25, 0.3) is 0 Å². The molecule has 1 aliphatic rings. The number of likely N-dealkylation sites (tertiary alicyclic amines) is 1. The van der Waals surface area contributed by atoms with Gasteiger partial charge in [0.2, 0.25) is 0 Å². The van der Waals surface area contributed by atoms with Crippen LogP contribution in [0, 0.1) is 0 Å². The molecular weight excluding hydrogens is 256 g/mol. The molecule has 1 heterocycles. The monoisotopic (exact) mass is 276 g/mol. The Morgan fingerprint density at radius 2 is 2.15 bits per heavy atom. The predicted octanol–water partition coefficient (Wildman–Crippen LogP) is 0.557. The Balaban J connectivity index is 2.14. The van der Waals surface area contributed by atoms with Crippen molar-refractivity contribution < 1.29 is 10.0 Å². The van der Waals surface area contributed by atoms with Crippen molar-refractivity contribution in [2.45, 2.75) is 12.5 Å². The first-order valence-corrected chi connectivity index (χ1v) is 6.56. The lowest BCUT2D eigenvalue weighted by molar-refractivity contribution is 0.0783. The van der Waals surface area contributed by atoms with Gasteiger partial charge in [-0.2, -0.15) is 0 Å². The molecule has 0 spiro atoms. The van der Waals surface area contributed by atoms with Crippen LogP contribution in [0.4, 0.5) is 0 Å². The van der Waals surface area contributed by atoms with Gasteiger partial charge in [-0.15, -0.1) is 0 Å². The highest BCUT2D eigenvalue weighted by Crippen LogP contribution is 2.17. The van der Waals surface area contributed by atoms with Crippen LogP contribution in [0.3, 0.4) is 0 Å². The van der Waals surface area contributed by atoms with E-state index in [4.69, 9.17) is 10.9 Å². The zero-order valence-electron chi connectivity index (χ0n) is 11.8. The lowest BCUT2D eigenvalue weighted by Crippen LogP contribution is -2.34. The summed E-state index contributed by atoms with van der Waals surface area (Å²) in [5.74, 6) is -0.00539. The first-order chi connectivity index (χ1) is 9.52. The van der Waals surface area contributed by atoms with Gasteiger partial charge in [0.25, 0.3) is 5.91 Å². The molecule has 1 unspecified atom stereocenters. The van der Waals surface area contributed by atoms with Crippen LogP contribution in [0.15, 0.2) is 29.4 Å². The van der Waals surface area contributed by atoms with Gasteiger partial charge in [-0.1, -0.05) is 17.3 Å². The zero-order chi connectivity index (χ0) is 14.7. The summed E-state index contributed by atoms with van der Waals surface area (Å²) in [5, 5.41) is 11.6. The summed E-state index contributed by atoms with van der Waals surface area (Å²) < 4.78 is 0. The second-order valence-electron chi connectivity index (χ2n) is 5.22. The Labute approximate surface area is 118 Å². The van der Waals surface area contributed by atoms with Crippen molar-refractivity contribution in [3.63, 3.8) is 0 Å². The SMILES string of the molecule is CN(C)C1CCN(C(=O)c2cccc(C(N)=NO)c2)C1. The fraction of sp³-hybridized carbons (Fsp3) is 0.429. The van der Waals surface area contributed by atoms with Gasteiger partial charge >= 0.3 is 0 Å². The van der Waals surface area contributed by atoms with Gasteiger partial charge in [0.1, 0.15) is 0 Å². The highest BCUT2D eigenvalue weighted by molar-refractivity contribution is 6.01. The molecule has 0 aromatic heterocycles. The third kappa shape index (κ3) is 2.91. The predicted molar refractivity (Wildman–Crippen MR) is 76.9 cm³/mol. The van der Waals surface area contributed by atoms with Crippen LogP contribution < -0.4 is 5.73 Å². The van der Waals surface area contributed by atoms with Crippen molar-refractivity contribution in [2.75, 3.05) is 27.2 Å². The fourth-order valence-corrected chi connectivity index (χ4v) is 2.40. The first kappa shape index (κ1) is 14.3. The Morgan fingerprint density at radius 1 is 1.45 bits per heavy atom. The number of hydrogen-bond acceptors (Lipinski definition) is 4. The lowest BCUT2D eigenvalue weighted by Gasteiger charge is -2.20. The Bertz CT molecular complexity index is 528. The maximum Gasteiger partial charge on any atom is 0.253 e. The fourth-order valence-electron chi connectivity index (χ4n) is 2.40. The second kappa shape index (κ2) is 5.92. The average molecular weight is 276 g/mol. The maximum atomic E-state index is 12.4. The normalized spacial score (nSPS) is 19.6. The van der Waals surface area contributed by atoms with Crippen molar-refractivity contribution in [3.05, 3.63) is 35.4 Å². The summed E-state index contributed by atoms with van der Waals surface area (Å²) in [6.45, 7) is 1.50. The maximum absolute atomic E-state index is 12.4. The van der Waals surface area contributed by atoms with Gasteiger partial charge in [0.15, 0.2) is 5.84 Å². The molecule has 1 amide bonds. The van der Waals surface area contributed by atoms with E-state index in [1.807, 2.05) is 19.0 Å². The summed E-state index contributed by atoms with van der Waals surface area (Å²) in [5.41, 5.74) is 6.65. The molecule has 1 aliphatic heterocycles. The number of amidine groups is 1. The van der Waals surface area contributed by atoms with Crippen LogP contribution in [-0.4, -0.2) is 60.0 Å². The third-order valence-electron chi connectivity index (χ3n) is 3.69. The highest BCUT2D eigenvalue weighted by atomic mass is 16.4. The van der Waals surface area contributed by atoms with Crippen molar-refractivity contribution >= 4 is 11.7 Å². The molecule has 2 rings (SSSR count). The number of carbonyl (C=O) groups is 1. The van der Waals surface area contributed by atoms with E-state index >= 15 is 0 Å². The standard InChI is InChI=1S/C14H20N4O2/c1-17(2)12-6-7-18(9-12)14(19)11-5-3-4-10(8-11)13(15)16-20/h3-5,8,12,20H,6-7,9H2,1-2H3,(H2,15,16). The summed E-state index contributed by atoms with van der Waals surface area (Å²) in [6.07, 6.45) is 0.985. The molecule has 1 fully saturated rings. The lowest BCUT2D eigenvalue weighted by atomic mass is 10.1. The molecule has 1 aromatic rings. The number of hydrogen-bond donors (Lipinski definition) is 2. The Kier molecular flexibility index (Phi) is 4.24. The summed E-state index contributed by atoms with van der Waals surface area (Å²) in [6, 6.07) is 7.25. The van der Waals surface area contributed by atoms with E-state index in [1.54, 1.807) is 24.3 Å². The molecule has 1 atom stereocenters. The van der Waals surface area contributed by atoms with Gasteiger partial charge in [0, 0.05) is 30.3 Å². The number of amides is 1. The van der Waals surface area contributed by atoms with Gasteiger partial charge in [-0.25, -0.2) is 0 Å². The van der Waals surface area contributed by atoms with Gasteiger partial charge in [-0.3, -0.25) is 4.79 Å². The van der Waals surface area contributed by atoms with E-state index in [0.717, 1.165) is 19.5 Å². The van der Waals surface area contributed by atoms with E-state index < -0.39 is 0 Å². The van der Waals surface area contributed by atoms with E-state index in [0.29, 0.717) is 17.2 Å². The molecule has 0 saturated carbocycles. The molecule has 1 aromatic carbocycles. The quantitative estimate of drug-likeness (QED) is 0.366. The number of likely N-dealkylation sites (N-methyl/N-ethyl adjacent to an activating group) is 1. The molecule has 0 bridgehead atoms. The molecule has 0 aliphatic carbocycles. The van der Waals surface area contributed by atoms with Crippen molar-refractivity contribution in [2.24, 2.45) is 10.9 Å². The van der Waals surface area contributed by atoms with Gasteiger partial charge < -0.3 is 20.7 Å². The minimum Gasteiger partial charge on any atom is -0.409 e. The molecule has 3 N–H and O–H groups in total. The van der Waals surface area contributed by atoms with Crippen LogP contribution in [0.5, 0.6) is 0 Å². The van der Waals surface area contributed by atoms with E-state index in [2.05, 4.69) is 10.1 Å². The molecule has 20 heavy (non-hydrogen) atoms. The summed E-state index contributed by atoms with van der Waals surface area (Å²) >= 11 is 0. The first-order valence-electron chi connectivity index (χ1n) is 6.56. The number of rotatable bonds is 3. The average Bonchev–Trinajstić information content (AvgIpc) is 2.95. The minimum atomic E-state index is -0.0121. The van der Waals surface area contributed by atoms with Crippen LogP contribution in [0.1, 0.15) is 22.3 Å². The topological polar surface area (TPSA) is 82.2 Å². The molecule has 0 radical (unpaired) electrons. The number of nitrogens with two attached hydrogens (primary N) is 1. The largest absolute Gasteiger partial charge is 0.409 e. The van der Waals surface area contributed by atoms with Crippen LogP contribution in [-0.2, 0) is 0 Å². The van der Waals surface area contributed by atoms with Crippen molar-refractivity contribution in [3.8, 4) is 0 Å². The van der Waals surface area contributed by atoms with E-state index in [9.17, 15) is 4.79 Å². The molecule has 6 nitrogen and oxygen atoms in total. The molecular formula is C14H20N4O2. The molecule has 108 valence electrons. The zero-order valence-corrected chi connectivity index (χ0v) is 11.8. The highest BCUT2D eigenvalue weighted by Gasteiger charge is 2.28. The number of carbonyl (C=O) groups excluding carboxylic acids is 1. The van der Waals surface area contributed by atoms with Gasteiger partial charge in [-0.05, 0) is 32.6 Å². The molecule has 6 heteroatoms. The number of nitrogens with zero attached hydrogens (tertiary/aromatic N) is 3. The smallest absolute Gasteiger partial charge is 0.253 e. The Morgan fingerprint density at radius 3 is 2.75 bits per heavy atom. The summed E-state index contributed by atoms with van der Waals surface area (Å²) in [7, 11) is 4.05. The second-order valence-corrected chi connectivity index (χ2v) is 5.22. The van der Waals surface area contributed by atoms with Crippen molar-refractivity contribution in [1.82, 2.24) is 9.80 Å². The third-order valence-corrected chi connectivity index (χ3v) is 3.69. The number of oxime groups is 1. The molecule has 1 saturated heterocycles. The summed E-state index contributed by atoms with van der Waals surface area (Å²) in [4.78, 5) is 16.4. The minimum absolute atomic E-state index is 0.00670. The van der Waals surface area contributed by atoms with Crippen LogP contribution >= 0.6 is 0 Å². The van der Waals surface area contributed by atoms with Crippen LogP contribution in [0.2, 0.25) is 0 Å². The van der Waals surface area contributed by atoms with Crippen molar-refractivity contribution in [1.29, 1.82) is 0 Å². The van der Waals surface area contributed by atoms with Gasteiger partial charge in [0.05, 0.1) is 0 Å². The van der Waals surface area contributed by atoms with E-state index in [1.165, 1.54) is 0 Å². The van der Waals surface area contributed by atoms with E-state index in [-0.39, 0.29) is 11.7 Å². The number of benzene rings is 1.